The van der Waals surface area contributed by atoms with E-state index < -0.39 is 10.0 Å². The van der Waals surface area contributed by atoms with Crippen LogP contribution >= 0.6 is 0 Å². The molecular formula is C31H38N4O2S. The van der Waals surface area contributed by atoms with Crippen molar-refractivity contribution in [1.82, 2.24) is 18.8 Å². The van der Waals surface area contributed by atoms with Gasteiger partial charge in [-0.2, -0.15) is 0 Å². The molecule has 200 valence electrons. The summed E-state index contributed by atoms with van der Waals surface area (Å²) in [6, 6.07) is 21.3. The Balaban J connectivity index is 1.38. The molecule has 2 aromatic carbocycles. The van der Waals surface area contributed by atoms with Crippen LogP contribution in [-0.2, 0) is 23.1 Å². The molecule has 0 radical (unpaired) electrons. The zero-order chi connectivity index (χ0) is 26.4. The van der Waals surface area contributed by atoms with Gasteiger partial charge in [0, 0.05) is 49.7 Å². The minimum atomic E-state index is -3.70. The van der Waals surface area contributed by atoms with Crippen LogP contribution in [0, 0.1) is 0 Å². The number of hydrogen-bond donors (Lipinski definition) is 0. The van der Waals surface area contributed by atoms with Gasteiger partial charge in [-0.3, -0.25) is 9.88 Å². The second-order valence-electron chi connectivity index (χ2n) is 10.5. The standard InChI is InChI=1S/C31H38N4O2S/c1-33(28-13-4-2-5-14-28)20-11-21-34(23-26-12-10-19-32-22-26)24-27-25-35(31-18-9-8-17-30(27)31)38(36,37)29-15-6-3-7-16-29/h3,6-10,12,15-19,22,25,28H,2,4-5,11,13-14,20-21,23-24H2,1H3. The van der Waals surface area contributed by atoms with Crippen molar-refractivity contribution in [2.24, 2.45) is 0 Å². The molecule has 7 heteroatoms. The zero-order valence-corrected chi connectivity index (χ0v) is 23.1. The van der Waals surface area contributed by atoms with Gasteiger partial charge in [-0.25, -0.2) is 12.4 Å². The van der Waals surface area contributed by atoms with Crippen LogP contribution in [0.5, 0.6) is 0 Å². The van der Waals surface area contributed by atoms with Crippen molar-refractivity contribution in [3.63, 3.8) is 0 Å². The van der Waals surface area contributed by atoms with Crippen molar-refractivity contribution in [2.75, 3.05) is 20.1 Å². The summed E-state index contributed by atoms with van der Waals surface area (Å²) in [4.78, 5) is 9.58. The number of fused-ring (bicyclic) bond motifs is 1. The number of nitrogens with zero attached hydrogens (tertiary/aromatic N) is 4. The Morgan fingerprint density at radius 1 is 0.895 bits per heavy atom. The molecule has 38 heavy (non-hydrogen) atoms. The molecule has 6 nitrogen and oxygen atoms in total. The number of hydrogen-bond acceptors (Lipinski definition) is 5. The number of pyridine rings is 1. The van der Waals surface area contributed by atoms with Gasteiger partial charge in [-0.05, 0) is 68.2 Å². The summed E-state index contributed by atoms with van der Waals surface area (Å²) in [5, 5.41) is 0.975. The predicted octanol–water partition coefficient (Wildman–Crippen LogP) is 5.93. The van der Waals surface area contributed by atoms with Crippen molar-refractivity contribution >= 4 is 20.9 Å². The molecule has 5 rings (SSSR count). The molecule has 2 aromatic heterocycles. The summed E-state index contributed by atoms with van der Waals surface area (Å²) in [6.45, 7) is 3.43. The Bertz CT molecular complexity index is 1410. The highest BCUT2D eigenvalue weighted by atomic mass is 32.2. The zero-order valence-electron chi connectivity index (χ0n) is 22.2. The van der Waals surface area contributed by atoms with E-state index in [4.69, 9.17) is 0 Å². The van der Waals surface area contributed by atoms with Gasteiger partial charge in [0.15, 0.2) is 0 Å². The fourth-order valence-corrected chi connectivity index (χ4v) is 7.11. The fraction of sp³-hybridized carbons (Fsp3) is 0.387. The van der Waals surface area contributed by atoms with E-state index in [0.717, 1.165) is 42.6 Å². The first kappa shape index (κ1) is 26.6. The first-order valence-electron chi connectivity index (χ1n) is 13.7. The maximum Gasteiger partial charge on any atom is 0.268 e. The van der Waals surface area contributed by atoms with Crippen molar-refractivity contribution in [2.45, 2.75) is 62.6 Å². The smallest absolute Gasteiger partial charge is 0.268 e. The molecule has 0 aliphatic heterocycles. The van der Waals surface area contributed by atoms with E-state index in [1.54, 1.807) is 30.5 Å². The molecule has 1 aliphatic carbocycles. The lowest BCUT2D eigenvalue weighted by molar-refractivity contribution is 0.173. The lowest BCUT2D eigenvalue weighted by Crippen LogP contribution is -2.35. The Morgan fingerprint density at radius 3 is 2.42 bits per heavy atom. The molecule has 0 spiro atoms. The number of benzene rings is 2. The maximum atomic E-state index is 13.6. The van der Waals surface area contributed by atoms with E-state index in [9.17, 15) is 8.42 Å². The van der Waals surface area contributed by atoms with Gasteiger partial charge in [0.25, 0.3) is 10.0 Å². The molecule has 0 bridgehead atoms. The average Bonchev–Trinajstić information content (AvgIpc) is 3.33. The third-order valence-electron chi connectivity index (χ3n) is 7.77. The van der Waals surface area contributed by atoms with Gasteiger partial charge in [0.1, 0.15) is 0 Å². The summed E-state index contributed by atoms with van der Waals surface area (Å²) in [6.07, 6.45) is 13.3. The quantitative estimate of drug-likeness (QED) is 0.241. The monoisotopic (exact) mass is 530 g/mol. The number of aromatic nitrogens is 2. The SMILES string of the molecule is CN(CCCN(Cc1cccnc1)Cc1cn(S(=O)(=O)c2ccccc2)c2ccccc12)C1CCCCC1. The largest absolute Gasteiger partial charge is 0.303 e. The van der Waals surface area contributed by atoms with Gasteiger partial charge >= 0.3 is 0 Å². The van der Waals surface area contributed by atoms with E-state index in [1.807, 2.05) is 48.8 Å². The normalized spacial score (nSPS) is 15.0. The Morgan fingerprint density at radius 2 is 1.66 bits per heavy atom. The molecular weight excluding hydrogens is 492 g/mol. The molecule has 2 heterocycles. The molecule has 4 aromatic rings. The van der Waals surface area contributed by atoms with Crippen LogP contribution in [-0.4, -0.2) is 53.4 Å². The van der Waals surface area contributed by atoms with E-state index in [0.29, 0.717) is 23.0 Å². The second kappa shape index (κ2) is 12.2. The highest BCUT2D eigenvalue weighted by Gasteiger charge is 2.22. The topological polar surface area (TPSA) is 58.4 Å². The van der Waals surface area contributed by atoms with Crippen LogP contribution in [0.15, 0.2) is 90.2 Å². The van der Waals surface area contributed by atoms with Crippen molar-refractivity contribution < 1.29 is 8.42 Å². The Hall–Kier alpha value is -3.00. The molecule has 0 saturated heterocycles. The van der Waals surface area contributed by atoms with Crippen molar-refractivity contribution in [1.29, 1.82) is 0 Å². The van der Waals surface area contributed by atoms with Crippen LogP contribution in [0.3, 0.4) is 0 Å². The lowest BCUT2D eigenvalue weighted by atomic mass is 9.94. The number of rotatable bonds is 11. The Labute approximate surface area is 227 Å². The van der Waals surface area contributed by atoms with Gasteiger partial charge in [-0.1, -0.05) is 61.7 Å². The fourth-order valence-electron chi connectivity index (χ4n) is 5.70. The molecule has 0 amide bonds. The summed E-state index contributed by atoms with van der Waals surface area (Å²) in [7, 11) is -1.43. The average molecular weight is 531 g/mol. The maximum absolute atomic E-state index is 13.6. The minimum Gasteiger partial charge on any atom is -0.303 e. The second-order valence-corrected chi connectivity index (χ2v) is 12.3. The summed E-state index contributed by atoms with van der Waals surface area (Å²) in [5.41, 5.74) is 2.89. The third-order valence-corrected chi connectivity index (χ3v) is 9.45. The van der Waals surface area contributed by atoms with Gasteiger partial charge in [0.2, 0.25) is 0 Å². The van der Waals surface area contributed by atoms with Crippen LogP contribution < -0.4 is 0 Å². The van der Waals surface area contributed by atoms with Crippen LogP contribution in [0.25, 0.3) is 10.9 Å². The summed E-state index contributed by atoms with van der Waals surface area (Å²) in [5.74, 6) is 0. The molecule has 0 N–H and O–H groups in total. The van der Waals surface area contributed by atoms with Crippen molar-refractivity contribution in [3.05, 3.63) is 96.4 Å². The van der Waals surface area contributed by atoms with E-state index in [2.05, 4.69) is 27.9 Å². The van der Waals surface area contributed by atoms with Gasteiger partial charge < -0.3 is 4.90 Å². The summed E-state index contributed by atoms with van der Waals surface area (Å²) < 4.78 is 28.6. The first-order chi connectivity index (χ1) is 18.5. The van der Waals surface area contributed by atoms with Gasteiger partial charge in [-0.15, -0.1) is 0 Å². The van der Waals surface area contributed by atoms with Crippen LogP contribution in [0.2, 0.25) is 0 Å². The third kappa shape index (κ3) is 6.17. The number of para-hydroxylation sites is 1. The van der Waals surface area contributed by atoms with Gasteiger partial charge in [0.05, 0.1) is 10.4 Å². The molecule has 1 aliphatic rings. The Kier molecular flexibility index (Phi) is 8.57. The molecule has 0 unspecified atom stereocenters. The molecule has 0 atom stereocenters. The van der Waals surface area contributed by atoms with Crippen molar-refractivity contribution in [3.8, 4) is 0 Å². The predicted molar refractivity (Wildman–Crippen MR) is 153 cm³/mol. The molecule has 1 saturated carbocycles. The van der Waals surface area contributed by atoms with Crippen LogP contribution in [0.4, 0.5) is 0 Å². The highest BCUT2D eigenvalue weighted by molar-refractivity contribution is 7.90. The van der Waals surface area contributed by atoms with E-state index in [1.165, 1.54) is 36.1 Å². The van der Waals surface area contributed by atoms with E-state index in [-0.39, 0.29) is 0 Å². The minimum absolute atomic E-state index is 0.297. The van der Waals surface area contributed by atoms with E-state index >= 15 is 0 Å². The van der Waals surface area contributed by atoms with Crippen LogP contribution in [0.1, 0.15) is 49.7 Å². The lowest BCUT2D eigenvalue weighted by Gasteiger charge is -2.32. The highest BCUT2D eigenvalue weighted by Crippen LogP contribution is 2.28. The first-order valence-corrected chi connectivity index (χ1v) is 15.2. The summed E-state index contributed by atoms with van der Waals surface area (Å²) >= 11 is 0. The molecule has 1 fully saturated rings.